The lowest BCUT2D eigenvalue weighted by Gasteiger charge is -2.27. The van der Waals surface area contributed by atoms with E-state index in [0.717, 1.165) is 19.3 Å². The number of rotatable bonds is 36. The van der Waals surface area contributed by atoms with Crippen LogP contribution in [0.15, 0.2) is 24.3 Å². The molecule has 0 saturated carbocycles. The van der Waals surface area contributed by atoms with Crippen LogP contribution >= 0.6 is 0 Å². The minimum atomic E-state index is -1.27. The third kappa shape index (κ3) is 26.3. The molecule has 4 N–H and O–H groups in total. The van der Waals surface area contributed by atoms with Gasteiger partial charge in [0.15, 0.2) is 0 Å². The van der Waals surface area contributed by atoms with Crippen molar-refractivity contribution >= 4 is 12.4 Å². The Labute approximate surface area is 299 Å². The summed E-state index contributed by atoms with van der Waals surface area (Å²) in [6.07, 6.45) is 30.2. The Kier molecular flexibility index (Phi) is 30.2. The number of unbranched alkanes of at least 4 members (excludes halogenated alkanes) is 22. The quantitative estimate of drug-likeness (QED) is 0.0409. The van der Waals surface area contributed by atoms with Crippen LogP contribution in [0.1, 0.15) is 180 Å². The monoisotopic (exact) mass is 691 g/mol. The predicted octanol–water partition coefficient (Wildman–Crippen LogP) is 10.7. The first-order chi connectivity index (χ1) is 24.0. The molecule has 8 heteroatoms. The van der Waals surface area contributed by atoms with Gasteiger partial charge in [-0.1, -0.05) is 167 Å². The number of benzene rings is 1. The summed E-state index contributed by atoms with van der Waals surface area (Å²) in [6, 6.07) is 4.83. The number of amides is 1. The highest BCUT2D eigenvalue weighted by Gasteiger charge is 2.25. The molecule has 0 saturated heterocycles. The van der Waals surface area contributed by atoms with E-state index in [1.807, 2.05) is 0 Å². The fourth-order valence-electron chi connectivity index (χ4n) is 6.35. The fourth-order valence-corrected chi connectivity index (χ4v) is 6.35. The van der Waals surface area contributed by atoms with Gasteiger partial charge in [0.1, 0.15) is 18.1 Å². The second kappa shape index (κ2) is 33.0. The van der Waals surface area contributed by atoms with E-state index in [1.165, 1.54) is 147 Å². The van der Waals surface area contributed by atoms with E-state index in [0.29, 0.717) is 38.2 Å². The zero-order valence-electron chi connectivity index (χ0n) is 31.4. The molecule has 1 aromatic rings. The molecule has 0 fully saturated rings. The second-order valence-corrected chi connectivity index (χ2v) is 13.9. The average molecular weight is 691 g/mol. The molecule has 1 amide bonds. The van der Waals surface area contributed by atoms with Gasteiger partial charge >= 0.3 is 6.09 Å². The molecule has 2 unspecified atom stereocenters. The van der Waals surface area contributed by atoms with Crippen LogP contribution in [0.2, 0.25) is 0 Å². The van der Waals surface area contributed by atoms with Crippen molar-refractivity contribution in [2.45, 2.75) is 186 Å². The first-order valence-corrected chi connectivity index (χ1v) is 20.2. The molecule has 284 valence electrons. The van der Waals surface area contributed by atoms with Crippen molar-refractivity contribution in [3.8, 4) is 5.75 Å². The lowest BCUT2D eigenvalue weighted by Crippen LogP contribution is -2.47. The molecule has 49 heavy (non-hydrogen) atoms. The predicted molar refractivity (Wildman–Crippen MR) is 203 cm³/mol. The molecule has 0 heterocycles. The van der Waals surface area contributed by atoms with Gasteiger partial charge in [0, 0.05) is 19.8 Å². The first-order valence-electron chi connectivity index (χ1n) is 20.2. The van der Waals surface area contributed by atoms with Gasteiger partial charge in [0.2, 0.25) is 0 Å². The SMILES string of the molecule is CCCCCCCCCCCCCCOCC(CNC(c1ccc(O)cc1)[C@@H](C=O)NC(=O)O)OCCCCCCCCCCCCCC. The summed E-state index contributed by atoms with van der Waals surface area (Å²) in [4.78, 5) is 23.3. The molecule has 3 atom stereocenters. The Morgan fingerprint density at radius 2 is 1.10 bits per heavy atom. The minimum absolute atomic E-state index is 0.103. The van der Waals surface area contributed by atoms with Gasteiger partial charge in [-0.25, -0.2) is 4.79 Å². The smallest absolute Gasteiger partial charge is 0.405 e. The van der Waals surface area contributed by atoms with Gasteiger partial charge in [0.05, 0.1) is 18.8 Å². The summed E-state index contributed by atoms with van der Waals surface area (Å²) < 4.78 is 12.4. The molecule has 0 aliphatic rings. The molecule has 1 rings (SSSR count). The number of phenolic OH excluding ortho intramolecular Hbond substituents is 1. The van der Waals surface area contributed by atoms with Crippen LogP contribution in [0, 0.1) is 0 Å². The Morgan fingerprint density at radius 3 is 1.53 bits per heavy atom. The molecule has 0 aliphatic carbocycles. The van der Waals surface area contributed by atoms with E-state index in [4.69, 9.17) is 9.47 Å². The van der Waals surface area contributed by atoms with Gasteiger partial charge < -0.3 is 35.1 Å². The van der Waals surface area contributed by atoms with E-state index in [9.17, 15) is 19.8 Å². The third-order valence-corrected chi connectivity index (χ3v) is 9.41. The summed E-state index contributed by atoms with van der Waals surface area (Å²) in [5, 5.41) is 24.8. The maximum absolute atomic E-state index is 11.9. The number of hydrogen-bond acceptors (Lipinski definition) is 6. The molecule has 8 nitrogen and oxygen atoms in total. The maximum atomic E-state index is 11.9. The Hall–Kier alpha value is -2.16. The van der Waals surface area contributed by atoms with Crippen molar-refractivity contribution in [2.75, 3.05) is 26.4 Å². The summed E-state index contributed by atoms with van der Waals surface area (Å²) in [5.41, 5.74) is 0.695. The first kappa shape index (κ1) is 44.9. The number of carboxylic acid groups (broad SMARTS) is 1. The molecule has 1 aromatic carbocycles. The van der Waals surface area contributed by atoms with Crippen LogP contribution in [0.25, 0.3) is 0 Å². The number of carbonyl (C=O) groups is 2. The maximum Gasteiger partial charge on any atom is 0.405 e. The molecule has 0 radical (unpaired) electrons. The summed E-state index contributed by atoms with van der Waals surface area (Å²) in [5.74, 6) is 0.103. The molecular weight excluding hydrogens is 616 g/mol. The molecule has 0 bridgehead atoms. The Morgan fingerprint density at radius 1 is 0.673 bits per heavy atom. The lowest BCUT2D eigenvalue weighted by molar-refractivity contribution is -0.110. The number of nitrogens with one attached hydrogen (secondary N) is 2. The van der Waals surface area contributed by atoms with Gasteiger partial charge in [-0.2, -0.15) is 0 Å². The highest BCUT2D eigenvalue weighted by molar-refractivity contribution is 5.72. The normalized spacial score (nSPS) is 13.3. The van der Waals surface area contributed by atoms with Crippen molar-refractivity contribution in [1.82, 2.24) is 10.6 Å². The molecule has 0 aliphatic heterocycles. The minimum Gasteiger partial charge on any atom is -0.508 e. The number of aromatic hydroxyl groups is 1. The van der Waals surface area contributed by atoms with E-state index < -0.39 is 18.2 Å². The molecular formula is C41H74N2O6. The van der Waals surface area contributed by atoms with Gasteiger partial charge in [-0.3, -0.25) is 0 Å². The van der Waals surface area contributed by atoms with Gasteiger partial charge in [-0.05, 0) is 30.5 Å². The molecule has 0 spiro atoms. The van der Waals surface area contributed by atoms with Crippen LogP contribution < -0.4 is 10.6 Å². The number of ether oxygens (including phenoxy) is 2. The summed E-state index contributed by atoms with van der Waals surface area (Å²) in [6.45, 7) is 6.69. The summed E-state index contributed by atoms with van der Waals surface area (Å²) in [7, 11) is 0. The fraction of sp³-hybridized carbons (Fsp3) is 0.805. The number of carbonyl (C=O) groups excluding carboxylic acids is 1. The number of phenols is 1. The Balaban J connectivity index is 2.48. The molecule has 0 aromatic heterocycles. The van der Waals surface area contributed by atoms with Crippen LogP contribution in [0.5, 0.6) is 5.75 Å². The van der Waals surface area contributed by atoms with Crippen LogP contribution in [-0.4, -0.2) is 61.1 Å². The topological polar surface area (TPSA) is 117 Å². The van der Waals surface area contributed by atoms with Crippen molar-refractivity contribution < 1.29 is 29.3 Å². The number of aldehydes is 1. The van der Waals surface area contributed by atoms with Crippen molar-refractivity contribution in [3.63, 3.8) is 0 Å². The van der Waals surface area contributed by atoms with Crippen molar-refractivity contribution in [2.24, 2.45) is 0 Å². The zero-order chi connectivity index (χ0) is 35.6. The van der Waals surface area contributed by atoms with Crippen molar-refractivity contribution in [1.29, 1.82) is 0 Å². The summed E-state index contributed by atoms with van der Waals surface area (Å²) >= 11 is 0. The second-order valence-electron chi connectivity index (χ2n) is 13.9. The zero-order valence-corrected chi connectivity index (χ0v) is 31.4. The van der Waals surface area contributed by atoms with E-state index in [1.54, 1.807) is 12.1 Å². The lowest BCUT2D eigenvalue weighted by atomic mass is 9.99. The third-order valence-electron chi connectivity index (χ3n) is 9.41. The van der Waals surface area contributed by atoms with Crippen molar-refractivity contribution in [3.05, 3.63) is 29.8 Å². The van der Waals surface area contributed by atoms with Crippen LogP contribution in [-0.2, 0) is 14.3 Å². The Bertz CT molecular complexity index is 883. The number of hydrogen-bond donors (Lipinski definition) is 4. The van der Waals surface area contributed by atoms with Gasteiger partial charge in [0.25, 0.3) is 0 Å². The highest BCUT2D eigenvalue weighted by atomic mass is 16.5. The van der Waals surface area contributed by atoms with E-state index in [2.05, 4.69) is 24.5 Å². The average Bonchev–Trinajstić information content (AvgIpc) is 3.10. The standard InChI is InChI=1S/C41H74N2O6/c1-3-5-7-9-11-13-15-17-19-21-23-25-31-48-35-38(49-32-26-24-22-20-18-16-14-12-10-8-6-4-2)33-42-40(39(34-44)43-41(46)47)36-27-29-37(45)30-28-36/h27-30,34,38-40,42-43,45H,3-26,31-33,35H2,1-2H3,(H,46,47)/t38?,39-,40?/m1/s1. The van der Waals surface area contributed by atoms with Gasteiger partial charge in [-0.15, -0.1) is 0 Å². The van der Waals surface area contributed by atoms with E-state index >= 15 is 0 Å². The van der Waals surface area contributed by atoms with E-state index in [-0.39, 0.29) is 11.9 Å². The highest BCUT2D eigenvalue weighted by Crippen LogP contribution is 2.20. The van der Waals surface area contributed by atoms with Crippen LogP contribution in [0.4, 0.5) is 4.79 Å². The largest absolute Gasteiger partial charge is 0.508 e. The van der Waals surface area contributed by atoms with Crippen LogP contribution in [0.3, 0.4) is 0 Å².